The van der Waals surface area contributed by atoms with Gasteiger partial charge in [-0.3, -0.25) is 4.79 Å². The highest BCUT2D eigenvalue weighted by Crippen LogP contribution is 2.37. The molecule has 2 heterocycles. The Morgan fingerprint density at radius 3 is 2.22 bits per heavy atom. The zero-order chi connectivity index (χ0) is 13.1. The van der Waals surface area contributed by atoms with Crippen LogP contribution in [0.25, 0.3) is 0 Å². The number of Topliss-reactive ketones (excluding diaryl/α,β-unsaturated/α-hetero) is 1. The molecule has 0 aromatic heterocycles. The van der Waals surface area contributed by atoms with Gasteiger partial charge in [0.1, 0.15) is 5.78 Å². The quantitative estimate of drug-likeness (QED) is 0.743. The smallest absolute Gasteiger partial charge is 0.136 e. The van der Waals surface area contributed by atoms with Gasteiger partial charge in [0.05, 0.1) is 0 Å². The fraction of sp³-hybridized carbons (Fsp3) is 0.938. The normalized spacial score (nSPS) is 32.8. The Balaban J connectivity index is 1.92. The first-order valence-electron chi connectivity index (χ1n) is 7.90. The van der Waals surface area contributed by atoms with Crippen molar-refractivity contribution in [2.45, 2.75) is 77.3 Å². The molecule has 0 saturated carbocycles. The first kappa shape index (κ1) is 14.0. The largest absolute Gasteiger partial charge is 0.300 e. The van der Waals surface area contributed by atoms with Crippen LogP contribution >= 0.6 is 0 Å². The van der Waals surface area contributed by atoms with Crippen molar-refractivity contribution >= 4 is 5.78 Å². The highest BCUT2D eigenvalue weighted by atomic mass is 16.1. The third-order valence-electron chi connectivity index (χ3n) is 5.44. The Morgan fingerprint density at radius 2 is 1.72 bits per heavy atom. The maximum absolute atomic E-state index is 12.4. The van der Waals surface area contributed by atoms with Crippen molar-refractivity contribution in [2.75, 3.05) is 7.05 Å². The van der Waals surface area contributed by atoms with Crippen molar-refractivity contribution in [1.29, 1.82) is 0 Å². The van der Waals surface area contributed by atoms with Crippen LogP contribution in [-0.4, -0.2) is 29.8 Å². The summed E-state index contributed by atoms with van der Waals surface area (Å²) in [4.78, 5) is 15.0. The van der Waals surface area contributed by atoms with Crippen LogP contribution in [-0.2, 0) is 4.79 Å². The molecule has 2 fully saturated rings. The van der Waals surface area contributed by atoms with E-state index in [0.717, 1.165) is 32.1 Å². The summed E-state index contributed by atoms with van der Waals surface area (Å²) in [6.07, 6.45) is 9.39. The van der Waals surface area contributed by atoms with E-state index in [1.54, 1.807) is 0 Å². The van der Waals surface area contributed by atoms with E-state index in [-0.39, 0.29) is 0 Å². The summed E-state index contributed by atoms with van der Waals surface area (Å²) in [5.74, 6) is 1.56. The zero-order valence-electron chi connectivity index (χ0n) is 12.3. The van der Waals surface area contributed by atoms with E-state index < -0.39 is 0 Å². The third-order valence-corrected chi connectivity index (χ3v) is 5.44. The molecule has 2 heteroatoms. The average Bonchev–Trinajstić information content (AvgIpc) is 2.35. The topological polar surface area (TPSA) is 20.3 Å². The van der Waals surface area contributed by atoms with Gasteiger partial charge in [-0.25, -0.2) is 0 Å². The van der Waals surface area contributed by atoms with E-state index in [0.29, 0.717) is 29.7 Å². The van der Waals surface area contributed by atoms with Gasteiger partial charge in [0.15, 0.2) is 0 Å². The lowest BCUT2D eigenvalue weighted by atomic mass is 9.75. The number of ketones is 1. The predicted octanol–water partition coefficient (Wildman–Crippen LogP) is 3.64. The number of piperidine rings is 2. The number of carbonyl (C=O) groups excluding carboxylic acids is 1. The number of fused-ring (bicyclic) bond motifs is 2. The molecule has 2 unspecified atom stereocenters. The molecule has 2 atom stereocenters. The van der Waals surface area contributed by atoms with Gasteiger partial charge in [0.25, 0.3) is 0 Å². The fourth-order valence-corrected chi connectivity index (χ4v) is 3.91. The molecule has 2 aliphatic rings. The van der Waals surface area contributed by atoms with Crippen molar-refractivity contribution < 1.29 is 4.79 Å². The van der Waals surface area contributed by atoms with Gasteiger partial charge < -0.3 is 4.90 Å². The van der Waals surface area contributed by atoms with Crippen LogP contribution in [0.15, 0.2) is 0 Å². The van der Waals surface area contributed by atoms with Crippen LogP contribution in [0.1, 0.15) is 65.2 Å². The Kier molecular flexibility index (Phi) is 4.83. The summed E-state index contributed by atoms with van der Waals surface area (Å²) >= 11 is 0. The molecule has 104 valence electrons. The van der Waals surface area contributed by atoms with E-state index in [1.807, 2.05) is 0 Å². The van der Waals surface area contributed by atoms with E-state index in [4.69, 9.17) is 0 Å². The monoisotopic (exact) mass is 251 g/mol. The minimum Gasteiger partial charge on any atom is -0.300 e. The first-order chi connectivity index (χ1) is 8.65. The highest BCUT2D eigenvalue weighted by Gasteiger charge is 2.38. The highest BCUT2D eigenvalue weighted by molar-refractivity contribution is 5.81. The number of rotatable bonds is 5. The number of nitrogens with zero attached hydrogens (tertiary/aromatic N) is 1. The summed E-state index contributed by atoms with van der Waals surface area (Å²) in [5.41, 5.74) is 0. The van der Waals surface area contributed by atoms with Gasteiger partial charge in [-0.2, -0.15) is 0 Å². The first-order valence-corrected chi connectivity index (χ1v) is 7.90. The van der Waals surface area contributed by atoms with E-state index in [1.165, 1.54) is 19.3 Å². The molecule has 2 aliphatic heterocycles. The second-order valence-electron chi connectivity index (χ2n) is 6.43. The van der Waals surface area contributed by atoms with Crippen molar-refractivity contribution in [3.63, 3.8) is 0 Å². The van der Waals surface area contributed by atoms with Crippen LogP contribution in [0.4, 0.5) is 0 Å². The second-order valence-corrected chi connectivity index (χ2v) is 6.43. The number of hydrogen-bond acceptors (Lipinski definition) is 2. The fourth-order valence-electron chi connectivity index (χ4n) is 3.91. The summed E-state index contributed by atoms with van der Waals surface area (Å²) in [6, 6.07) is 1.38. The molecule has 18 heavy (non-hydrogen) atoms. The van der Waals surface area contributed by atoms with Crippen molar-refractivity contribution in [3.8, 4) is 0 Å². The van der Waals surface area contributed by atoms with Crippen LogP contribution in [0.3, 0.4) is 0 Å². The molecule has 0 aromatic carbocycles. The van der Waals surface area contributed by atoms with Crippen molar-refractivity contribution in [2.24, 2.45) is 11.8 Å². The van der Waals surface area contributed by atoms with Crippen molar-refractivity contribution in [1.82, 2.24) is 4.90 Å². The molecule has 0 amide bonds. The molecule has 0 N–H and O–H groups in total. The number of carbonyl (C=O) groups is 1. The van der Waals surface area contributed by atoms with E-state index in [2.05, 4.69) is 25.8 Å². The molecule has 2 rings (SSSR count). The average molecular weight is 251 g/mol. The summed E-state index contributed by atoms with van der Waals surface area (Å²) < 4.78 is 0. The molecule has 0 aliphatic carbocycles. The molecular weight excluding hydrogens is 222 g/mol. The molecule has 2 saturated heterocycles. The number of hydrogen-bond donors (Lipinski definition) is 0. The molecule has 0 radical (unpaired) electrons. The molecule has 2 bridgehead atoms. The third kappa shape index (κ3) is 2.96. The Hall–Kier alpha value is -0.370. The molecule has 2 nitrogen and oxygen atoms in total. The van der Waals surface area contributed by atoms with Gasteiger partial charge >= 0.3 is 0 Å². The maximum Gasteiger partial charge on any atom is 0.136 e. The summed E-state index contributed by atoms with van der Waals surface area (Å²) in [6.45, 7) is 4.43. The summed E-state index contributed by atoms with van der Waals surface area (Å²) in [7, 11) is 2.26. The van der Waals surface area contributed by atoms with E-state index in [9.17, 15) is 4.79 Å². The Bertz CT molecular complexity index is 271. The maximum atomic E-state index is 12.4. The standard InChI is InChI=1S/C16H29NO/c1-4-12(5-2)9-16(18)13-10-14-7-6-8-15(11-13)17(14)3/h12-15H,4-11H2,1-3H3. The van der Waals surface area contributed by atoms with Gasteiger partial charge in [-0.15, -0.1) is 0 Å². The van der Waals surface area contributed by atoms with Gasteiger partial charge in [-0.1, -0.05) is 33.1 Å². The van der Waals surface area contributed by atoms with Crippen LogP contribution in [0.2, 0.25) is 0 Å². The predicted molar refractivity (Wildman–Crippen MR) is 75.6 cm³/mol. The lowest BCUT2D eigenvalue weighted by Gasteiger charge is -2.46. The lowest BCUT2D eigenvalue weighted by Crippen LogP contribution is -2.51. The Labute approximate surface area is 112 Å². The van der Waals surface area contributed by atoms with Crippen LogP contribution in [0, 0.1) is 11.8 Å². The summed E-state index contributed by atoms with van der Waals surface area (Å²) in [5, 5.41) is 0. The van der Waals surface area contributed by atoms with Crippen LogP contribution < -0.4 is 0 Å². The molecular formula is C16H29NO. The van der Waals surface area contributed by atoms with Crippen LogP contribution in [0.5, 0.6) is 0 Å². The van der Waals surface area contributed by atoms with Crippen molar-refractivity contribution in [3.05, 3.63) is 0 Å². The second kappa shape index (κ2) is 6.18. The molecule has 0 aromatic rings. The Morgan fingerprint density at radius 1 is 1.17 bits per heavy atom. The van der Waals surface area contributed by atoms with Gasteiger partial charge in [0, 0.05) is 24.4 Å². The lowest BCUT2D eigenvalue weighted by molar-refractivity contribution is -0.127. The minimum atomic E-state index is 0.372. The minimum absolute atomic E-state index is 0.372. The SMILES string of the molecule is CCC(CC)CC(=O)C1CC2CCCC(C1)N2C. The van der Waals surface area contributed by atoms with Gasteiger partial charge in [-0.05, 0) is 38.6 Å². The van der Waals surface area contributed by atoms with E-state index >= 15 is 0 Å². The molecule has 0 spiro atoms. The van der Waals surface area contributed by atoms with Gasteiger partial charge in [0.2, 0.25) is 0 Å². The zero-order valence-corrected chi connectivity index (χ0v) is 12.3.